The van der Waals surface area contributed by atoms with E-state index in [0.29, 0.717) is 6.04 Å². The van der Waals surface area contributed by atoms with Gasteiger partial charge in [0.05, 0.1) is 5.92 Å². The summed E-state index contributed by atoms with van der Waals surface area (Å²) in [4.78, 5) is 10.9. The van der Waals surface area contributed by atoms with Gasteiger partial charge in [-0.1, -0.05) is 33.6 Å². The molecule has 0 aliphatic heterocycles. The van der Waals surface area contributed by atoms with Gasteiger partial charge in [-0.3, -0.25) is 4.79 Å². The summed E-state index contributed by atoms with van der Waals surface area (Å²) in [6.45, 7) is 0.778. The highest BCUT2D eigenvalue weighted by atomic mass is 79.9. The van der Waals surface area contributed by atoms with E-state index in [4.69, 9.17) is 16.7 Å². The molecule has 0 atom stereocenters. The Kier molecular flexibility index (Phi) is 5.25. The van der Waals surface area contributed by atoms with Gasteiger partial charge in [0.1, 0.15) is 0 Å². The zero-order valence-corrected chi connectivity index (χ0v) is 12.9. The molecule has 1 aliphatic carbocycles. The molecule has 0 unspecified atom stereocenters. The number of carbonyl (C=O) groups is 1. The fourth-order valence-electron chi connectivity index (χ4n) is 2.46. The van der Waals surface area contributed by atoms with E-state index >= 15 is 0 Å². The molecule has 0 spiro atoms. The van der Waals surface area contributed by atoms with Gasteiger partial charge in [-0.15, -0.1) is 0 Å². The van der Waals surface area contributed by atoms with Crippen LogP contribution in [0.3, 0.4) is 0 Å². The lowest BCUT2D eigenvalue weighted by Crippen LogP contribution is -2.34. The summed E-state index contributed by atoms with van der Waals surface area (Å²) in [5.41, 5.74) is 1.17. The van der Waals surface area contributed by atoms with Gasteiger partial charge in [0.2, 0.25) is 0 Å². The van der Waals surface area contributed by atoms with E-state index in [1.54, 1.807) is 0 Å². The largest absolute Gasteiger partial charge is 0.481 e. The molecule has 0 radical (unpaired) electrons. The Labute approximate surface area is 126 Å². The molecule has 0 aromatic heterocycles. The molecule has 0 amide bonds. The summed E-state index contributed by atoms with van der Waals surface area (Å²) in [6.07, 6.45) is 3.41. The molecule has 0 bridgehead atoms. The van der Waals surface area contributed by atoms with Gasteiger partial charge in [-0.25, -0.2) is 0 Å². The van der Waals surface area contributed by atoms with E-state index in [2.05, 4.69) is 21.2 Å². The Hall–Kier alpha value is -0.580. The van der Waals surface area contributed by atoms with Crippen LogP contribution in [-0.4, -0.2) is 17.1 Å². The first-order valence-electron chi connectivity index (χ1n) is 6.46. The molecule has 3 nitrogen and oxygen atoms in total. The molecule has 104 valence electrons. The SMILES string of the molecule is O=C(O)C1CCC(NCc2ccc(Cl)cc2Br)CC1. The van der Waals surface area contributed by atoms with Gasteiger partial charge in [-0.2, -0.15) is 0 Å². The van der Waals surface area contributed by atoms with Crippen LogP contribution in [0.4, 0.5) is 0 Å². The summed E-state index contributed by atoms with van der Waals surface area (Å²) in [7, 11) is 0. The number of aliphatic carboxylic acids is 1. The van der Waals surface area contributed by atoms with Crippen LogP contribution >= 0.6 is 27.5 Å². The van der Waals surface area contributed by atoms with Crippen molar-refractivity contribution in [3.05, 3.63) is 33.3 Å². The second-order valence-electron chi connectivity index (χ2n) is 5.00. The first kappa shape index (κ1) is 14.8. The van der Waals surface area contributed by atoms with Gasteiger partial charge in [0, 0.05) is 22.1 Å². The van der Waals surface area contributed by atoms with Crippen molar-refractivity contribution in [1.82, 2.24) is 5.32 Å². The third-order valence-electron chi connectivity index (χ3n) is 3.67. The molecular formula is C14H17BrClNO2. The van der Waals surface area contributed by atoms with Crippen molar-refractivity contribution in [3.63, 3.8) is 0 Å². The van der Waals surface area contributed by atoms with Crippen LogP contribution in [0.2, 0.25) is 5.02 Å². The standard InChI is InChI=1S/C14H17BrClNO2/c15-13-7-11(16)4-1-10(13)8-17-12-5-2-9(3-6-12)14(18)19/h1,4,7,9,12,17H,2-3,5-6,8H2,(H,18,19). The Morgan fingerprint density at radius 2 is 2.05 bits per heavy atom. The molecule has 2 N–H and O–H groups in total. The smallest absolute Gasteiger partial charge is 0.306 e. The lowest BCUT2D eigenvalue weighted by Gasteiger charge is -2.27. The van der Waals surface area contributed by atoms with Crippen molar-refractivity contribution >= 4 is 33.5 Å². The number of rotatable bonds is 4. The van der Waals surface area contributed by atoms with Crippen molar-refractivity contribution in [3.8, 4) is 0 Å². The summed E-state index contributed by atoms with van der Waals surface area (Å²) < 4.78 is 1.01. The van der Waals surface area contributed by atoms with E-state index < -0.39 is 5.97 Å². The molecule has 0 saturated heterocycles. The average Bonchev–Trinajstić information content (AvgIpc) is 2.38. The Balaban J connectivity index is 1.82. The van der Waals surface area contributed by atoms with Crippen LogP contribution in [0, 0.1) is 5.92 Å². The van der Waals surface area contributed by atoms with Crippen molar-refractivity contribution in [1.29, 1.82) is 0 Å². The van der Waals surface area contributed by atoms with Crippen LogP contribution in [-0.2, 0) is 11.3 Å². The van der Waals surface area contributed by atoms with Gasteiger partial charge in [0.25, 0.3) is 0 Å². The number of benzene rings is 1. The Morgan fingerprint density at radius 1 is 1.37 bits per heavy atom. The Morgan fingerprint density at radius 3 is 2.63 bits per heavy atom. The van der Waals surface area contributed by atoms with Crippen molar-refractivity contribution in [2.75, 3.05) is 0 Å². The fraction of sp³-hybridized carbons (Fsp3) is 0.500. The minimum absolute atomic E-state index is 0.152. The van der Waals surface area contributed by atoms with E-state index in [0.717, 1.165) is 41.7 Å². The maximum absolute atomic E-state index is 10.9. The van der Waals surface area contributed by atoms with Crippen molar-refractivity contribution in [2.45, 2.75) is 38.3 Å². The van der Waals surface area contributed by atoms with E-state index in [9.17, 15) is 4.79 Å². The van der Waals surface area contributed by atoms with Crippen LogP contribution in [0.15, 0.2) is 22.7 Å². The van der Waals surface area contributed by atoms with Gasteiger partial charge in [-0.05, 0) is 43.4 Å². The molecule has 1 saturated carbocycles. The molecule has 5 heteroatoms. The zero-order chi connectivity index (χ0) is 13.8. The third-order valence-corrected chi connectivity index (χ3v) is 4.65. The second kappa shape index (κ2) is 6.73. The number of carboxylic acid groups (broad SMARTS) is 1. The molecular weight excluding hydrogens is 330 g/mol. The summed E-state index contributed by atoms with van der Waals surface area (Å²) >= 11 is 9.40. The number of hydrogen-bond donors (Lipinski definition) is 2. The summed E-state index contributed by atoms with van der Waals surface area (Å²) in [5.74, 6) is -0.806. The van der Waals surface area contributed by atoms with Crippen LogP contribution in [0.5, 0.6) is 0 Å². The molecule has 0 heterocycles. The quantitative estimate of drug-likeness (QED) is 0.871. The van der Waals surface area contributed by atoms with E-state index in [-0.39, 0.29) is 5.92 Å². The van der Waals surface area contributed by atoms with Gasteiger partial charge >= 0.3 is 5.97 Å². The highest BCUT2D eigenvalue weighted by Crippen LogP contribution is 2.26. The number of carboxylic acids is 1. The monoisotopic (exact) mass is 345 g/mol. The number of hydrogen-bond acceptors (Lipinski definition) is 2. The lowest BCUT2D eigenvalue weighted by atomic mass is 9.86. The predicted molar refractivity (Wildman–Crippen MR) is 79.4 cm³/mol. The molecule has 19 heavy (non-hydrogen) atoms. The molecule has 2 rings (SSSR count). The number of halogens is 2. The molecule has 1 aromatic rings. The van der Waals surface area contributed by atoms with E-state index in [1.807, 2.05) is 18.2 Å². The molecule has 1 aromatic carbocycles. The Bertz CT molecular complexity index is 459. The predicted octanol–water partition coefficient (Wildman–Crippen LogP) is 3.84. The van der Waals surface area contributed by atoms with Crippen LogP contribution < -0.4 is 5.32 Å². The number of nitrogens with one attached hydrogen (secondary N) is 1. The van der Waals surface area contributed by atoms with Crippen molar-refractivity contribution < 1.29 is 9.90 Å². The average molecular weight is 347 g/mol. The van der Waals surface area contributed by atoms with E-state index in [1.165, 1.54) is 5.56 Å². The second-order valence-corrected chi connectivity index (χ2v) is 6.29. The lowest BCUT2D eigenvalue weighted by molar-refractivity contribution is -0.142. The van der Waals surface area contributed by atoms with Gasteiger partial charge in [0.15, 0.2) is 0 Å². The molecule has 1 aliphatic rings. The molecule has 1 fully saturated rings. The zero-order valence-electron chi connectivity index (χ0n) is 10.5. The highest BCUT2D eigenvalue weighted by Gasteiger charge is 2.25. The fourth-order valence-corrected chi connectivity index (χ4v) is 3.29. The maximum Gasteiger partial charge on any atom is 0.306 e. The van der Waals surface area contributed by atoms with Crippen LogP contribution in [0.25, 0.3) is 0 Å². The van der Waals surface area contributed by atoms with Crippen molar-refractivity contribution in [2.24, 2.45) is 5.92 Å². The van der Waals surface area contributed by atoms with Gasteiger partial charge < -0.3 is 10.4 Å². The summed E-state index contributed by atoms with van der Waals surface area (Å²) in [5, 5.41) is 13.2. The maximum atomic E-state index is 10.9. The topological polar surface area (TPSA) is 49.3 Å². The third kappa shape index (κ3) is 4.20. The first-order chi connectivity index (χ1) is 9.06. The first-order valence-corrected chi connectivity index (χ1v) is 7.63. The summed E-state index contributed by atoms with van der Waals surface area (Å²) in [6, 6.07) is 6.19. The normalized spacial score (nSPS) is 23.3. The van der Waals surface area contributed by atoms with Crippen LogP contribution in [0.1, 0.15) is 31.2 Å². The minimum atomic E-state index is -0.654. The minimum Gasteiger partial charge on any atom is -0.481 e. The highest BCUT2D eigenvalue weighted by molar-refractivity contribution is 9.10.